The van der Waals surface area contributed by atoms with Gasteiger partial charge in [-0.15, -0.1) is 0 Å². The summed E-state index contributed by atoms with van der Waals surface area (Å²) < 4.78 is 10.4. The maximum Gasteiger partial charge on any atom is 0.339 e. The lowest BCUT2D eigenvalue weighted by molar-refractivity contribution is 0.0514. The van der Waals surface area contributed by atoms with Crippen LogP contribution in [-0.4, -0.2) is 34.7 Å². The molecule has 0 fully saturated rings. The molecule has 7 heteroatoms. The van der Waals surface area contributed by atoms with Crippen molar-refractivity contribution in [2.45, 2.75) is 6.92 Å². The minimum atomic E-state index is -1.25. The third-order valence-electron chi connectivity index (χ3n) is 3.05. The van der Waals surface area contributed by atoms with Gasteiger partial charge in [-0.05, 0) is 49.4 Å². The van der Waals surface area contributed by atoms with Gasteiger partial charge in [-0.2, -0.15) is 0 Å². The number of hydrogen-bond acceptors (Lipinski definition) is 5. The van der Waals surface area contributed by atoms with Crippen molar-refractivity contribution in [3.63, 3.8) is 0 Å². The lowest BCUT2D eigenvalue weighted by Gasteiger charge is -2.10. The van der Waals surface area contributed by atoms with Crippen LogP contribution in [-0.2, 0) is 4.74 Å². The Hall–Kier alpha value is -3.35. The van der Waals surface area contributed by atoms with Crippen molar-refractivity contribution >= 4 is 17.9 Å². The number of rotatable bonds is 6. The molecule has 24 heavy (non-hydrogen) atoms. The quantitative estimate of drug-likeness (QED) is 0.783. The summed E-state index contributed by atoms with van der Waals surface area (Å²) in [5.74, 6) is -2.50. The highest BCUT2D eigenvalue weighted by Gasteiger charge is 2.19. The van der Waals surface area contributed by atoms with Crippen molar-refractivity contribution in [3.05, 3.63) is 59.2 Å². The van der Waals surface area contributed by atoms with Crippen molar-refractivity contribution in [2.75, 3.05) is 6.61 Å². The van der Waals surface area contributed by atoms with Crippen molar-refractivity contribution in [3.8, 4) is 11.5 Å². The molecule has 0 atom stereocenters. The molecule has 124 valence electrons. The summed E-state index contributed by atoms with van der Waals surface area (Å²) in [5, 5.41) is 18.0. The minimum absolute atomic E-state index is 0.107. The minimum Gasteiger partial charge on any atom is -0.478 e. The first-order valence-electron chi connectivity index (χ1n) is 6.98. The molecule has 7 nitrogen and oxygen atoms in total. The van der Waals surface area contributed by atoms with E-state index in [4.69, 9.17) is 19.7 Å². The molecule has 0 amide bonds. The van der Waals surface area contributed by atoms with E-state index in [9.17, 15) is 14.4 Å². The zero-order valence-electron chi connectivity index (χ0n) is 12.7. The van der Waals surface area contributed by atoms with E-state index in [-0.39, 0.29) is 29.0 Å². The monoisotopic (exact) mass is 330 g/mol. The standard InChI is InChI=1S/C17H14O7/c1-2-23-17(22)14-9-12(7-8-13(14)16(20)21)24-11-5-3-10(4-6-11)15(18)19/h3-9H,2H2,1H3,(H,18,19)(H,20,21). The highest BCUT2D eigenvalue weighted by molar-refractivity contribution is 6.02. The molecule has 0 spiro atoms. The molecule has 2 aromatic rings. The van der Waals surface area contributed by atoms with Gasteiger partial charge < -0.3 is 19.7 Å². The Bertz CT molecular complexity index is 778. The van der Waals surface area contributed by atoms with Crippen LogP contribution in [0.3, 0.4) is 0 Å². The molecule has 2 aromatic carbocycles. The highest BCUT2D eigenvalue weighted by Crippen LogP contribution is 2.25. The van der Waals surface area contributed by atoms with Gasteiger partial charge in [-0.1, -0.05) is 0 Å². The summed E-state index contributed by atoms with van der Waals surface area (Å²) in [7, 11) is 0. The molecular weight excluding hydrogens is 316 g/mol. The van der Waals surface area contributed by atoms with E-state index in [0.29, 0.717) is 5.75 Å². The van der Waals surface area contributed by atoms with E-state index in [2.05, 4.69) is 0 Å². The maximum atomic E-state index is 11.9. The Morgan fingerprint density at radius 3 is 2.04 bits per heavy atom. The fraction of sp³-hybridized carbons (Fsp3) is 0.118. The summed E-state index contributed by atoms with van der Waals surface area (Å²) in [6.45, 7) is 1.72. The molecule has 0 aliphatic rings. The number of benzene rings is 2. The molecule has 2 rings (SSSR count). The first kappa shape index (κ1) is 17.0. The Balaban J connectivity index is 2.30. The molecular formula is C17H14O7. The lowest BCUT2D eigenvalue weighted by atomic mass is 10.1. The summed E-state index contributed by atoms with van der Waals surface area (Å²) in [6.07, 6.45) is 0. The van der Waals surface area contributed by atoms with Crippen LogP contribution in [0.15, 0.2) is 42.5 Å². The zero-order chi connectivity index (χ0) is 17.7. The number of esters is 1. The third kappa shape index (κ3) is 3.89. The number of carbonyl (C=O) groups is 3. The third-order valence-corrected chi connectivity index (χ3v) is 3.05. The van der Waals surface area contributed by atoms with Crippen molar-refractivity contribution < 1.29 is 34.1 Å². The molecule has 0 heterocycles. The second-order valence-electron chi connectivity index (χ2n) is 4.66. The Kier molecular flexibility index (Phi) is 5.16. The normalized spacial score (nSPS) is 10.0. The molecule has 0 saturated carbocycles. The summed E-state index contributed by atoms with van der Waals surface area (Å²) >= 11 is 0. The van der Waals surface area contributed by atoms with E-state index in [1.165, 1.54) is 42.5 Å². The molecule has 0 unspecified atom stereocenters. The van der Waals surface area contributed by atoms with Crippen LogP contribution in [0.25, 0.3) is 0 Å². The molecule has 0 bridgehead atoms. The van der Waals surface area contributed by atoms with Gasteiger partial charge in [0.1, 0.15) is 11.5 Å². The van der Waals surface area contributed by atoms with Crippen LogP contribution < -0.4 is 4.74 Å². The van der Waals surface area contributed by atoms with E-state index in [1.807, 2.05) is 0 Å². The average molecular weight is 330 g/mol. The van der Waals surface area contributed by atoms with E-state index < -0.39 is 17.9 Å². The SMILES string of the molecule is CCOC(=O)c1cc(Oc2ccc(C(=O)O)cc2)ccc1C(=O)O. The smallest absolute Gasteiger partial charge is 0.339 e. The largest absolute Gasteiger partial charge is 0.478 e. The van der Waals surface area contributed by atoms with Gasteiger partial charge in [0.2, 0.25) is 0 Å². The van der Waals surface area contributed by atoms with Crippen LogP contribution in [0, 0.1) is 0 Å². The molecule has 0 saturated heterocycles. The fourth-order valence-electron chi connectivity index (χ4n) is 1.95. The Morgan fingerprint density at radius 2 is 1.50 bits per heavy atom. The second-order valence-corrected chi connectivity index (χ2v) is 4.66. The first-order valence-corrected chi connectivity index (χ1v) is 6.98. The van der Waals surface area contributed by atoms with Crippen LogP contribution >= 0.6 is 0 Å². The summed E-state index contributed by atoms with van der Waals surface area (Å²) in [5.41, 5.74) is -0.207. The molecule has 0 radical (unpaired) electrons. The predicted molar refractivity (Wildman–Crippen MR) is 82.8 cm³/mol. The van der Waals surface area contributed by atoms with Crippen LogP contribution in [0.4, 0.5) is 0 Å². The average Bonchev–Trinajstić information content (AvgIpc) is 2.55. The van der Waals surface area contributed by atoms with E-state index >= 15 is 0 Å². The molecule has 0 aliphatic carbocycles. The number of carboxylic acids is 2. The first-order chi connectivity index (χ1) is 11.4. The van der Waals surface area contributed by atoms with Gasteiger partial charge >= 0.3 is 17.9 Å². The number of hydrogen-bond donors (Lipinski definition) is 2. The number of ether oxygens (including phenoxy) is 2. The van der Waals surface area contributed by atoms with E-state index in [0.717, 1.165) is 0 Å². The summed E-state index contributed by atoms with van der Waals surface area (Å²) in [4.78, 5) is 33.9. The number of carboxylic acid groups (broad SMARTS) is 2. The van der Waals surface area contributed by atoms with Gasteiger partial charge in [0, 0.05) is 0 Å². The molecule has 0 aliphatic heterocycles. The maximum absolute atomic E-state index is 11.9. The van der Waals surface area contributed by atoms with E-state index in [1.54, 1.807) is 6.92 Å². The van der Waals surface area contributed by atoms with Gasteiger partial charge in [0.25, 0.3) is 0 Å². The summed E-state index contributed by atoms with van der Waals surface area (Å²) in [6, 6.07) is 9.57. The highest BCUT2D eigenvalue weighted by atomic mass is 16.5. The fourth-order valence-corrected chi connectivity index (χ4v) is 1.95. The zero-order valence-corrected chi connectivity index (χ0v) is 12.7. The van der Waals surface area contributed by atoms with Crippen molar-refractivity contribution in [1.29, 1.82) is 0 Å². The predicted octanol–water partition coefficient (Wildman–Crippen LogP) is 3.05. The second kappa shape index (κ2) is 7.28. The number of aromatic carboxylic acids is 2. The van der Waals surface area contributed by atoms with Gasteiger partial charge in [-0.3, -0.25) is 0 Å². The Morgan fingerprint density at radius 1 is 0.875 bits per heavy atom. The molecule has 2 N–H and O–H groups in total. The number of carbonyl (C=O) groups excluding carboxylic acids is 1. The van der Waals surface area contributed by atoms with Gasteiger partial charge in [0.05, 0.1) is 23.3 Å². The Labute approximate surface area is 137 Å². The van der Waals surface area contributed by atoms with Crippen LogP contribution in [0.2, 0.25) is 0 Å². The van der Waals surface area contributed by atoms with Crippen molar-refractivity contribution in [2.24, 2.45) is 0 Å². The van der Waals surface area contributed by atoms with Crippen molar-refractivity contribution in [1.82, 2.24) is 0 Å². The van der Waals surface area contributed by atoms with Gasteiger partial charge in [0.15, 0.2) is 0 Å². The molecule has 0 aromatic heterocycles. The van der Waals surface area contributed by atoms with Crippen LogP contribution in [0.1, 0.15) is 38.0 Å². The lowest BCUT2D eigenvalue weighted by Crippen LogP contribution is -2.11. The topological polar surface area (TPSA) is 110 Å². The van der Waals surface area contributed by atoms with Crippen LogP contribution in [0.5, 0.6) is 11.5 Å². The van der Waals surface area contributed by atoms with Gasteiger partial charge in [-0.25, -0.2) is 14.4 Å².